The Bertz CT molecular complexity index is 882. The molecule has 0 fully saturated rings. The molecule has 1 amide bonds. The standard InChI is InChI=1S/C17H18FN5O2S2/c1-25-8-2-7-23-11-19-22-17(23)27-10-15(24)21-16-20-14(9-26-16)12-3-5-13(18)6-4-12/h3-6,9,11H,2,7-8,10H2,1H3,(H,20,21,24). The average Bonchev–Trinajstić information content (AvgIpc) is 3.30. The molecule has 0 atom stereocenters. The molecule has 3 rings (SSSR count). The van der Waals surface area contributed by atoms with Crippen LogP contribution in [0.2, 0.25) is 0 Å². The Labute approximate surface area is 164 Å². The van der Waals surface area contributed by atoms with E-state index in [4.69, 9.17) is 4.74 Å². The van der Waals surface area contributed by atoms with Crippen LogP contribution in [0.25, 0.3) is 11.3 Å². The Hall–Kier alpha value is -2.30. The molecule has 1 aromatic carbocycles. The first-order valence-electron chi connectivity index (χ1n) is 8.16. The minimum absolute atomic E-state index is 0.175. The summed E-state index contributed by atoms with van der Waals surface area (Å²) < 4.78 is 19.9. The molecule has 27 heavy (non-hydrogen) atoms. The number of aromatic nitrogens is 4. The fraction of sp³-hybridized carbons (Fsp3) is 0.294. The lowest BCUT2D eigenvalue weighted by Crippen LogP contribution is -2.14. The second kappa shape index (κ2) is 9.58. The van der Waals surface area contributed by atoms with E-state index < -0.39 is 0 Å². The molecule has 0 saturated heterocycles. The lowest BCUT2D eigenvalue weighted by atomic mass is 10.2. The average molecular weight is 407 g/mol. The summed E-state index contributed by atoms with van der Waals surface area (Å²) >= 11 is 2.64. The molecule has 0 aliphatic rings. The van der Waals surface area contributed by atoms with Gasteiger partial charge in [0.2, 0.25) is 5.91 Å². The number of hydrogen-bond acceptors (Lipinski definition) is 7. The van der Waals surface area contributed by atoms with Crippen molar-refractivity contribution in [1.82, 2.24) is 19.7 Å². The number of thioether (sulfide) groups is 1. The third-order valence-corrected chi connectivity index (χ3v) is 5.29. The number of hydrogen-bond donors (Lipinski definition) is 1. The van der Waals surface area contributed by atoms with Gasteiger partial charge in [-0.15, -0.1) is 21.5 Å². The van der Waals surface area contributed by atoms with E-state index >= 15 is 0 Å². The highest BCUT2D eigenvalue weighted by molar-refractivity contribution is 7.99. The normalized spacial score (nSPS) is 10.9. The number of methoxy groups -OCH3 is 1. The molecular weight excluding hydrogens is 389 g/mol. The number of nitrogens with one attached hydrogen (secondary N) is 1. The molecule has 2 heterocycles. The Morgan fingerprint density at radius 2 is 2.19 bits per heavy atom. The number of carbonyl (C=O) groups excluding carboxylic acids is 1. The fourth-order valence-electron chi connectivity index (χ4n) is 2.26. The molecule has 0 radical (unpaired) electrons. The number of benzene rings is 1. The van der Waals surface area contributed by atoms with E-state index in [2.05, 4.69) is 20.5 Å². The van der Waals surface area contributed by atoms with Crippen molar-refractivity contribution in [2.24, 2.45) is 0 Å². The summed E-state index contributed by atoms with van der Waals surface area (Å²) in [6, 6.07) is 6.07. The maximum atomic E-state index is 13.0. The largest absolute Gasteiger partial charge is 0.385 e. The number of carbonyl (C=O) groups is 1. The number of rotatable bonds is 9. The smallest absolute Gasteiger partial charge is 0.236 e. The molecule has 142 valence electrons. The van der Waals surface area contributed by atoms with Gasteiger partial charge in [0.1, 0.15) is 12.1 Å². The van der Waals surface area contributed by atoms with Gasteiger partial charge in [0, 0.05) is 31.2 Å². The summed E-state index contributed by atoms with van der Waals surface area (Å²) in [5.41, 5.74) is 1.49. The summed E-state index contributed by atoms with van der Waals surface area (Å²) in [5.74, 6) is -0.268. The molecule has 0 spiro atoms. The predicted molar refractivity (Wildman–Crippen MR) is 103 cm³/mol. The molecule has 0 aliphatic carbocycles. The first-order chi connectivity index (χ1) is 13.2. The third-order valence-electron chi connectivity index (χ3n) is 3.55. The van der Waals surface area contributed by atoms with Gasteiger partial charge in [-0.1, -0.05) is 11.8 Å². The maximum Gasteiger partial charge on any atom is 0.236 e. The van der Waals surface area contributed by atoms with Crippen molar-refractivity contribution in [1.29, 1.82) is 0 Å². The highest BCUT2D eigenvalue weighted by Crippen LogP contribution is 2.25. The van der Waals surface area contributed by atoms with E-state index in [1.54, 1.807) is 25.6 Å². The number of halogens is 1. The monoisotopic (exact) mass is 407 g/mol. The van der Waals surface area contributed by atoms with E-state index in [1.807, 2.05) is 9.95 Å². The van der Waals surface area contributed by atoms with E-state index in [-0.39, 0.29) is 17.5 Å². The number of amides is 1. The molecular formula is C17H18FN5O2S2. The first kappa shape index (κ1) is 19.5. The molecule has 10 heteroatoms. The first-order valence-corrected chi connectivity index (χ1v) is 10.0. The van der Waals surface area contributed by atoms with Crippen molar-refractivity contribution in [3.8, 4) is 11.3 Å². The number of aryl methyl sites for hydroxylation is 1. The van der Waals surface area contributed by atoms with Crippen LogP contribution in [-0.2, 0) is 16.1 Å². The second-order valence-electron chi connectivity index (χ2n) is 5.53. The molecule has 0 unspecified atom stereocenters. The fourth-order valence-corrected chi connectivity index (χ4v) is 3.74. The SMILES string of the molecule is COCCCn1cnnc1SCC(=O)Nc1nc(-c2ccc(F)cc2)cs1. The minimum atomic E-state index is -0.297. The van der Waals surface area contributed by atoms with Crippen LogP contribution in [0.5, 0.6) is 0 Å². The van der Waals surface area contributed by atoms with Crippen molar-refractivity contribution < 1.29 is 13.9 Å². The van der Waals surface area contributed by atoms with Gasteiger partial charge in [-0.2, -0.15) is 0 Å². The van der Waals surface area contributed by atoms with Crippen LogP contribution < -0.4 is 5.32 Å². The number of anilines is 1. The van der Waals surface area contributed by atoms with Crippen molar-refractivity contribution in [2.45, 2.75) is 18.1 Å². The van der Waals surface area contributed by atoms with Crippen LogP contribution in [0.4, 0.5) is 9.52 Å². The molecule has 1 N–H and O–H groups in total. The Kier molecular flexibility index (Phi) is 6.91. The summed E-state index contributed by atoms with van der Waals surface area (Å²) in [6.45, 7) is 1.39. The second-order valence-corrected chi connectivity index (χ2v) is 7.34. The van der Waals surface area contributed by atoms with Crippen LogP contribution in [0.1, 0.15) is 6.42 Å². The van der Waals surface area contributed by atoms with Gasteiger partial charge in [-0.25, -0.2) is 9.37 Å². The number of thiazole rings is 1. The predicted octanol–water partition coefficient (Wildman–Crippen LogP) is 3.31. The molecule has 7 nitrogen and oxygen atoms in total. The van der Waals surface area contributed by atoms with Gasteiger partial charge >= 0.3 is 0 Å². The zero-order valence-electron chi connectivity index (χ0n) is 14.6. The van der Waals surface area contributed by atoms with E-state index in [9.17, 15) is 9.18 Å². The van der Waals surface area contributed by atoms with Crippen molar-refractivity contribution in [3.05, 3.63) is 41.8 Å². The lowest BCUT2D eigenvalue weighted by molar-refractivity contribution is -0.113. The zero-order valence-corrected chi connectivity index (χ0v) is 16.2. The van der Waals surface area contributed by atoms with Gasteiger partial charge in [-0.3, -0.25) is 4.79 Å². The van der Waals surface area contributed by atoms with Crippen molar-refractivity contribution in [2.75, 3.05) is 24.8 Å². The number of nitrogens with zero attached hydrogens (tertiary/aromatic N) is 4. The van der Waals surface area contributed by atoms with Crippen LogP contribution in [0, 0.1) is 5.82 Å². The Morgan fingerprint density at radius 1 is 1.37 bits per heavy atom. The number of ether oxygens (including phenoxy) is 1. The summed E-state index contributed by atoms with van der Waals surface area (Å²) in [6.07, 6.45) is 2.49. The van der Waals surface area contributed by atoms with Crippen LogP contribution in [0.3, 0.4) is 0 Å². The molecule has 2 aromatic heterocycles. The van der Waals surface area contributed by atoms with E-state index in [0.29, 0.717) is 22.6 Å². The van der Waals surface area contributed by atoms with Crippen molar-refractivity contribution in [3.63, 3.8) is 0 Å². The van der Waals surface area contributed by atoms with Crippen LogP contribution in [0.15, 0.2) is 41.1 Å². The zero-order chi connectivity index (χ0) is 19.1. The third kappa shape index (κ3) is 5.59. The van der Waals surface area contributed by atoms with Crippen LogP contribution >= 0.6 is 23.1 Å². The van der Waals surface area contributed by atoms with E-state index in [0.717, 1.165) is 18.5 Å². The Morgan fingerprint density at radius 3 is 2.96 bits per heavy atom. The Balaban J connectivity index is 1.52. The quantitative estimate of drug-likeness (QED) is 0.433. The minimum Gasteiger partial charge on any atom is -0.385 e. The molecule has 0 aliphatic heterocycles. The highest BCUT2D eigenvalue weighted by Gasteiger charge is 2.11. The van der Waals surface area contributed by atoms with Gasteiger partial charge in [0.25, 0.3) is 0 Å². The van der Waals surface area contributed by atoms with Crippen molar-refractivity contribution >= 4 is 34.1 Å². The van der Waals surface area contributed by atoms with Gasteiger partial charge in [0.15, 0.2) is 10.3 Å². The summed E-state index contributed by atoms with van der Waals surface area (Å²) in [4.78, 5) is 16.5. The highest BCUT2D eigenvalue weighted by atomic mass is 32.2. The lowest BCUT2D eigenvalue weighted by Gasteiger charge is -2.05. The topological polar surface area (TPSA) is 81.9 Å². The van der Waals surface area contributed by atoms with Gasteiger partial charge in [-0.05, 0) is 30.7 Å². The summed E-state index contributed by atoms with van der Waals surface area (Å²) in [7, 11) is 1.66. The van der Waals surface area contributed by atoms with Gasteiger partial charge in [0.05, 0.1) is 11.4 Å². The van der Waals surface area contributed by atoms with E-state index in [1.165, 1.54) is 35.2 Å². The summed E-state index contributed by atoms with van der Waals surface area (Å²) in [5, 5.41) is 13.7. The van der Waals surface area contributed by atoms with Crippen LogP contribution in [-0.4, -0.2) is 45.1 Å². The molecule has 0 saturated carbocycles. The molecule has 3 aromatic rings. The molecule has 0 bridgehead atoms. The maximum absolute atomic E-state index is 13.0. The van der Waals surface area contributed by atoms with Gasteiger partial charge < -0.3 is 14.6 Å².